The smallest absolute Gasteiger partial charge is 0.250 e. The topological polar surface area (TPSA) is 29.5 Å². The lowest BCUT2D eigenvalue weighted by molar-refractivity contribution is 0.0543. The van der Waals surface area contributed by atoms with Gasteiger partial charge in [-0.2, -0.15) is 0 Å². The summed E-state index contributed by atoms with van der Waals surface area (Å²) in [5.41, 5.74) is -0.792. The van der Waals surface area contributed by atoms with Crippen LogP contribution in [0.1, 0.15) is 66.2 Å². The summed E-state index contributed by atoms with van der Waals surface area (Å²) in [6.07, 6.45) is 12.7. The van der Waals surface area contributed by atoms with E-state index in [0.717, 1.165) is 12.2 Å². The molecule has 2 nitrogen and oxygen atoms in total. The van der Waals surface area contributed by atoms with Crippen LogP contribution in [0, 0.1) is 0 Å². The first-order valence-corrected chi connectivity index (χ1v) is 14.8. The Hall–Kier alpha value is -0.973. The number of thioether (sulfide) groups is 1. The van der Waals surface area contributed by atoms with Crippen molar-refractivity contribution < 1.29 is 9.53 Å². The molecule has 162 valence electrons. The lowest BCUT2D eigenvalue weighted by atomic mass is 9.96. The highest BCUT2D eigenvalue weighted by Crippen LogP contribution is 2.46. The summed E-state index contributed by atoms with van der Waals surface area (Å²) >= 11 is 1.74. The van der Waals surface area contributed by atoms with Crippen LogP contribution in [0.4, 0.5) is 0 Å². The minimum Gasteiger partial charge on any atom is -0.547 e. The molecule has 0 aromatic heterocycles. The van der Waals surface area contributed by atoms with E-state index >= 15 is 0 Å². The highest BCUT2D eigenvalue weighted by Gasteiger charge is 2.45. The normalized spacial score (nSPS) is 22.9. The minimum absolute atomic E-state index is 0.00459. The van der Waals surface area contributed by atoms with Gasteiger partial charge in [0.25, 0.3) is 0 Å². The van der Waals surface area contributed by atoms with Gasteiger partial charge in [-0.25, -0.2) is 0 Å². The highest BCUT2D eigenvalue weighted by molar-refractivity contribution is 8.00. The Morgan fingerprint density at radius 1 is 1.17 bits per heavy atom. The van der Waals surface area contributed by atoms with E-state index in [0.29, 0.717) is 12.8 Å². The van der Waals surface area contributed by atoms with E-state index in [4.69, 9.17) is 4.43 Å². The molecule has 1 aliphatic rings. The summed E-state index contributed by atoms with van der Waals surface area (Å²) in [5.74, 6) is 0.979. The van der Waals surface area contributed by atoms with Crippen LogP contribution in [0.2, 0.25) is 18.1 Å². The molecule has 0 fully saturated rings. The van der Waals surface area contributed by atoms with Crippen molar-refractivity contribution in [3.63, 3.8) is 0 Å². The molecule has 0 aliphatic heterocycles. The average molecular weight is 433 g/mol. The molecule has 4 heteroatoms. The molecule has 0 amide bonds. The van der Waals surface area contributed by atoms with Crippen molar-refractivity contribution in [3.05, 3.63) is 54.3 Å². The average Bonchev–Trinajstić information content (AvgIpc) is 2.92. The summed E-state index contributed by atoms with van der Waals surface area (Å²) < 4.78 is 6.59. The Morgan fingerprint density at radius 3 is 2.48 bits per heavy atom. The van der Waals surface area contributed by atoms with E-state index in [2.05, 4.69) is 83.3 Å². The second kappa shape index (κ2) is 10.4. The number of aliphatic hydroxyl groups is 1. The first kappa shape index (κ1) is 24.3. The minimum atomic E-state index is -1.91. The van der Waals surface area contributed by atoms with Gasteiger partial charge in [0.05, 0.1) is 16.6 Å². The number of rotatable bonds is 10. The number of hydrogen-bond donors (Lipinski definition) is 1. The molecular formula is C25H40O2SSi. The van der Waals surface area contributed by atoms with E-state index < -0.39 is 13.9 Å². The van der Waals surface area contributed by atoms with E-state index in [1.54, 1.807) is 11.8 Å². The first-order chi connectivity index (χ1) is 13.6. The highest BCUT2D eigenvalue weighted by atomic mass is 32.2. The Balaban J connectivity index is 2.13. The predicted octanol–water partition coefficient (Wildman–Crippen LogP) is 7.71. The van der Waals surface area contributed by atoms with Crippen molar-refractivity contribution in [3.8, 4) is 0 Å². The zero-order chi connectivity index (χ0) is 21.5. The molecule has 0 radical (unpaired) electrons. The maximum atomic E-state index is 11.6. The molecule has 1 N–H and O–H groups in total. The van der Waals surface area contributed by atoms with Crippen LogP contribution >= 0.6 is 11.8 Å². The largest absolute Gasteiger partial charge is 0.547 e. The maximum absolute atomic E-state index is 11.6. The zero-order valence-electron chi connectivity index (χ0n) is 19.2. The second-order valence-electron chi connectivity index (χ2n) is 9.80. The van der Waals surface area contributed by atoms with Gasteiger partial charge in [-0.1, -0.05) is 70.9 Å². The Kier molecular flexibility index (Phi) is 8.68. The number of hydrogen-bond acceptors (Lipinski definition) is 3. The third kappa shape index (κ3) is 7.04. The standard InChI is InChI=1S/C25H40O2SSi/c1-7-8-9-10-11-15-18-25(26)20-21(27-29(5,6)24(2,3)4)19-23(25)28-22-16-13-12-14-17-22/h11-17,19,23,26H,7-10,18,20H2,1-6H3/b15-11-/t23-,25-/m0/s1. The van der Waals surface area contributed by atoms with Crippen LogP contribution in [0.5, 0.6) is 0 Å². The van der Waals surface area contributed by atoms with Crippen LogP contribution in [-0.4, -0.2) is 24.3 Å². The van der Waals surface area contributed by atoms with E-state index in [9.17, 15) is 5.11 Å². The second-order valence-corrected chi connectivity index (χ2v) is 15.7. The molecule has 0 saturated heterocycles. The molecule has 0 bridgehead atoms. The molecule has 1 aromatic rings. The van der Waals surface area contributed by atoms with Crippen LogP contribution in [-0.2, 0) is 4.43 Å². The van der Waals surface area contributed by atoms with Gasteiger partial charge in [0.15, 0.2) is 0 Å². The quantitative estimate of drug-likeness (QED) is 0.233. The van der Waals surface area contributed by atoms with Crippen LogP contribution in [0.15, 0.2) is 59.2 Å². The predicted molar refractivity (Wildman–Crippen MR) is 130 cm³/mol. The van der Waals surface area contributed by atoms with Crippen molar-refractivity contribution in [2.45, 2.75) is 100 Å². The van der Waals surface area contributed by atoms with Gasteiger partial charge in [0.2, 0.25) is 8.32 Å². The summed E-state index contributed by atoms with van der Waals surface area (Å²) in [6, 6.07) is 10.4. The maximum Gasteiger partial charge on any atom is 0.250 e. The summed E-state index contributed by atoms with van der Waals surface area (Å²) in [7, 11) is -1.91. The molecule has 0 heterocycles. The SMILES string of the molecule is CCCCC/C=C\C[C@]1(O)CC(O[Si](C)(C)C(C)(C)C)=C[C@@H]1Sc1ccccc1. The monoisotopic (exact) mass is 432 g/mol. The van der Waals surface area contributed by atoms with Gasteiger partial charge in [0.1, 0.15) is 0 Å². The lowest BCUT2D eigenvalue weighted by Gasteiger charge is -2.37. The van der Waals surface area contributed by atoms with Crippen LogP contribution < -0.4 is 0 Å². The zero-order valence-corrected chi connectivity index (χ0v) is 21.0. The van der Waals surface area contributed by atoms with Gasteiger partial charge < -0.3 is 9.53 Å². The fourth-order valence-corrected chi connectivity index (χ4v) is 5.56. The molecule has 0 spiro atoms. The summed E-state index contributed by atoms with van der Waals surface area (Å²) in [6.45, 7) is 13.6. The van der Waals surface area contributed by atoms with Gasteiger partial charge in [0, 0.05) is 11.3 Å². The van der Waals surface area contributed by atoms with Gasteiger partial charge in [-0.05, 0) is 55.6 Å². The first-order valence-electron chi connectivity index (χ1n) is 11.1. The fourth-order valence-electron chi connectivity index (χ4n) is 3.23. The molecule has 2 rings (SSSR count). The third-order valence-corrected chi connectivity index (χ3v) is 11.9. The van der Waals surface area contributed by atoms with E-state index in [1.165, 1.54) is 24.2 Å². The molecular weight excluding hydrogens is 392 g/mol. The Bertz CT molecular complexity index is 691. The van der Waals surface area contributed by atoms with Crippen LogP contribution in [0.25, 0.3) is 0 Å². The molecule has 1 aromatic carbocycles. The number of allylic oxidation sites excluding steroid dienone is 1. The van der Waals surface area contributed by atoms with Gasteiger partial charge in [-0.3, -0.25) is 0 Å². The van der Waals surface area contributed by atoms with Crippen molar-refractivity contribution in [1.82, 2.24) is 0 Å². The number of unbranched alkanes of at least 4 members (excludes halogenated alkanes) is 3. The van der Waals surface area contributed by atoms with Crippen molar-refractivity contribution >= 4 is 20.1 Å². The van der Waals surface area contributed by atoms with Crippen LogP contribution in [0.3, 0.4) is 0 Å². The third-order valence-electron chi connectivity index (χ3n) is 6.16. The summed E-state index contributed by atoms with van der Waals surface area (Å²) in [5, 5.41) is 11.7. The summed E-state index contributed by atoms with van der Waals surface area (Å²) in [4.78, 5) is 1.19. The lowest BCUT2D eigenvalue weighted by Crippen LogP contribution is -2.41. The molecule has 2 atom stereocenters. The van der Waals surface area contributed by atoms with Crippen molar-refractivity contribution in [2.75, 3.05) is 0 Å². The molecule has 0 saturated carbocycles. The molecule has 0 unspecified atom stereocenters. The van der Waals surface area contributed by atoms with Crippen molar-refractivity contribution in [2.24, 2.45) is 0 Å². The van der Waals surface area contributed by atoms with Gasteiger partial charge in [-0.15, -0.1) is 11.8 Å². The van der Waals surface area contributed by atoms with Crippen molar-refractivity contribution in [1.29, 1.82) is 0 Å². The molecule has 1 aliphatic carbocycles. The van der Waals surface area contributed by atoms with E-state index in [1.807, 2.05) is 6.07 Å². The number of benzene rings is 1. The Labute approximate surface area is 184 Å². The molecule has 29 heavy (non-hydrogen) atoms. The Morgan fingerprint density at radius 2 is 1.86 bits per heavy atom. The fraction of sp³-hybridized carbons (Fsp3) is 0.600. The van der Waals surface area contributed by atoms with Gasteiger partial charge >= 0.3 is 0 Å². The van der Waals surface area contributed by atoms with E-state index in [-0.39, 0.29) is 10.3 Å².